The summed E-state index contributed by atoms with van der Waals surface area (Å²) in [6, 6.07) is 0. The van der Waals surface area contributed by atoms with Gasteiger partial charge < -0.3 is 14.1 Å². The maximum absolute atomic E-state index is 7.10. The third-order valence-corrected chi connectivity index (χ3v) is 0. The molecule has 0 heterocycles. The summed E-state index contributed by atoms with van der Waals surface area (Å²) >= 11 is 0. The molecule has 0 bridgehead atoms. The summed E-state index contributed by atoms with van der Waals surface area (Å²) in [5.41, 5.74) is 4.15. The van der Waals surface area contributed by atoms with Gasteiger partial charge >= 0.3 is 48.9 Å². The van der Waals surface area contributed by atoms with Crippen LogP contribution in [0.4, 0.5) is 0 Å². The van der Waals surface area contributed by atoms with Crippen LogP contribution < -0.4 is 17.4 Å². The Morgan fingerprint density at radius 2 is 1.43 bits per heavy atom. The number of rotatable bonds is 0. The first-order valence-corrected chi connectivity index (χ1v) is 0.846. The maximum Gasteiger partial charge on any atom is 2.00 e. The minimum Gasteiger partial charge on any atom is -1.00 e. The van der Waals surface area contributed by atoms with Crippen LogP contribution in [0.2, 0.25) is 0 Å². The summed E-state index contributed by atoms with van der Waals surface area (Å²) in [5, 5.41) is 7.10. The van der Waals surface area contributed by atoms with Gasteiger partial charge in [-0.05, 0) is 0 Å². The van der Waals surface area contributed by atoms with E-state index in [9.17, 15) is 0 Å². The summed E-state index contributed by atoms with van der Waals surface area (Å²) in [4.78, 5) is 0. The summed E-state index contributed by atoms with van der Waals surface area (Å²) in [7, 11) is 0. The third-order valence-electron chi connectivity index (χ3n) is 0. The molecule has 8 N–H and O–H groups in total. The number of nitriles is 1. The van der Waals surface area contributed by atoms with E-state index in [1.165, 1.54) is 6.19 Å². The van der Waals surface area contributed by atoms with Crippen molar-refractivity contribution >= 4 is 48.9 Å². The molecule has 0 spiro atoms. The fourth-order valence-corrected chi connectivity index (χ4v) is 0. The van der Waals surface area contributed by atoms with Crippen LogP contribution in [-0.4, -0.2) is 54.4 Å². The fourth-order valence-electron chi connectivity index (χ4n) is 0. The molecule has 0 saturated heterocycles. The molecule has 0 saturated carbocycles. The molecule has 0 aliphatic carbocycles. The Morgan fingerprint density at radius 1 is 1.43 bits per heavy atom. The van der Waals surface area contributed by atoms with Crippen LogP contribution in [0, 0.1) is 11.5 Å². The van der Waals surface area contributed by atoms with Gasteiger partial charge in [-0.15, -0.1) is 0 Å². The van der Waals surface area contributed by atoms with Crippen molar-refractivity contribution in [1.29, 1.82) is 5.26 Å². The van der Waals surface area contributed by atoms with Gasteiger partial charge in [0, 0.05) is 0 Å². The van der Waals surface area contributed by atoms with Crippen molar-refractivity contribution in [3.8, 4) is 6.19 Å². The number of nitrogens with zero attached hydrogens (tertiary/aromatic N) is 1. The van der Waals surface area contributed by atoms with E-state index in [-0.39, 0.29) is 57.2 Å². The summed E-state index contributed by atoms with van der Waals surface area (Å²) in [5.74, 6) is 8.00. The van der Waals surface area contributed by atoms with E-state index >= 15 is 0 Å². The van der Waals surface area contributed by atoms with Gasteiger partial charge in [0.05, 0.1) is 0 Å². The second-order valence-electron chi connectivity index (χ2n) is 0.129. The molecule has 0 unspecified atom stereocenters. The van der Waals surface area contributed by atoms with Crippen molar-refractivity contribution in [2.24, 2.45) is 17.4 Å². The Kier molecular flexibility index (Phi) is 263. The predicted octanol–water partition coefficient (Wildman–Crippen LogP) is -2.74. The molecule has 7 heavy (non-hydrogen) atoms. The Morgan fingerprint density at radius 3 is 1.43 bits per heavy atom. The van der Waals surface area contributed by atoms with Crippen molar-refractivity contribution < 1.29 is 8.33 Å². The second-order valence-corrected chi connectivity index (χ2v) is 0.129. The molecule has 0 rings (SSSR count). The van der Waals surface area contributed by atoms with Gasteiger partial charge in [0.2, 0.25) is 0 Å². The van der Waals surface area contributed by atoms with Gasteiger partial charge in [0.15, 0.2) is 6.19 Å². The van der Waals surface area contributed by atoms with Crippen molar-refractivity contribution in [2.45, 2.75) is 0 Å². The maximum atomic E-state index is 7.10. The predicted molar refractivity (Wildman–Crippen MR) is 29.8 cm³/mol. The van der Waals surface area contributed by atoms with E-state index in [2.05, 4.69) is 17.4 Å². The normalized spacial score (nSPS) is 1.86. The largest absolute Gasteiger partial charge is 2.00 e. The van der Waals surface area contributed by atoms with E-state index in [0.29, 0.717) is 0 Å². The number of hydrazine groups is 1. The zero-order valence-corrected chi connectivity index (χ0v) is 8.33. The van der Waals surface area contributed by atoms with Crippen molar-refractivity contribution in [2.75, 3.05) is 0 Å². The average Bonchev–Trinajstić information content (AvgIpc) is 1.46. The van der Waals surface area contributed by atoms with Crippen molar-refractivity contribution in [3.63, 3.8) is 0 Å². The Balaban J connectivity index is -0.00000000357. The van der Waals surface area contributed by atoms with Gasteiger partial charge in [0.1, 0.15) is 0 Å². The number of hydrogen-bond donors (Lipinski definition) is 3. The van der Waals surface area contributed by atoms with E-state index in [4.69, 9.17) is 5.26 Å². The minimum absolute atomic E-state index is 0. The molecular weight excluding hydrogens is 221 g/mol. The molecule has 0 aliphatic rings. The van der Waals surface area contributed by atoms with E-state index < -0.39 is 0 Å². The second kappa shape index (κ2) is 73.3. The van der Waals surface area contributed by atoms with Gasteiger partial charge in [0.25, 0.3) is 0 Å². The van der Waals surface area contributed by atoms with E-state index in [1.54, 1.807) is 0 Å². The number of hydrogen-bond acceptors (Lipinski definition) is 4. The van der Waals surface area contributed by atoms with Crippen molar-refractivity contribution in [3.05, 3.63) is 0 Å². The molecule has 0 atom stereocenters. The SMILES string of the molecule is N#CN.NN.O.[Ba+2].[H-].[H-]. The molecule has 0 aliphatic heterocycles. The summed E-state index contributed by atoms with van der Waals surface area (Å²) < 4.78 is 0. The molecule has 0 fully saturated rings. The van der Waals surface area contributed by atoms with Crippen LogP contribution >= 0.6 is 0 Å². The molecular formula is CH10BaN4O. The molecule has 0 aromatic carbocycles. The first kappa shape index (κ1) is 25.1. The number of nitrogens with two attached hydrogens (primary N) is 3. The molecule has 0 radical (unpaired) electrons. The van der Waals surface area contributed by atoms with Crippen LogP contribution in [0.3, 0.4) is 0 Å². The summed E-state index contributed by atoms with van der Waals surface area (Å²) in [6.07, 6.45) is 1.25. The standard InChI is InChI=1S/CH2N2.Ba.H4N2.H2O.2H/c2-1-3;;1-2;;;/h2H2;;1-2H2;1H2;;/q;+2;;;2*-1. The first-order chi connectivity index (χ1) is 2.41. The first-order valence-electron chi connectivity index (χ1n) is 0.846. The topological polar surface area (TPSA) is 133 Å². The van der Waals surface area contributed by atoms with Crippen LogP contribution in [0.1, 0.15) is 2.85 Å². The molecule has 6 heteroatoms. The third kappa shape index (κ3) is 276. The zero-order chi connectivity index (χ0) is 4.71. The smallest absolute Gasteiger partial charge is 1.00 e. The van der Waals surface area contributed by atoms with Crippen LogP contribution in [0.15, 0.2) is 0 Å². The van der Waals surface area contributed by atoms with E-state index in [1.807, 2.05) is 0 Å². The van der Waals surface area contributed by atoms with Crippen LogP contribution in [-0.2, 0) is 0 Å². The Bertz CT molecular complexity index is 40.0. The average molecular weight is 231 g/mol. The molecule has 0 aromatic heterocycles. The quantitative estimate of drug-likeness (QED) is 0.137. The summed E-state index contributed by atoms with van der Waals surface area (Å²) in [6.45, 7) is 0. The van der Waals surface area contributed by atoms with Gasteiger partial charge in [-0.25, -0.2) is 0 Å². The molecule has 0 aromatic rings. The van der Waals surface area contributed by atoms with Gasteiger partial charge in [-0.3, -0.25) is 11.7 Å². The van der Waals surface area contributed by atoms with Crippen LogP contribution in [0.25, 0.3) is 0 Å². The fraction of sp³-hybridized carbons (Fsp3) is 0. The monoisotopic (exact) mass is 232 g/mol. The molecule has 5 nitrogen and oxygen atoms in total. The molecule has 42 valence electrons. The van der Waals surface area contributed by atoms with Crippen molar-refractivity contribution in [1.82, 2.24) is 0 Å². The van der Waals surface area contributed by atoms with Gasteiger partial charge in [-0.2, -0.15) is 5.26 Å². The Hall–Kier alpha value is 0.741. The Labute approximate surface area is 85.2 Å². The van der Waals surface area contributed by atoms with E-state index in [0.717, 1.165) is 0 Å². The zero-order valence-electron chi connectivity index (χ0n) is 5.89. The molecule has 0 amide bonds. The van der Waals surface area contributed by atoms with Gasteiger partial charge in [-0.1, -0.05) is 0 Å². The van der Waals surface area contributed by atoms with Crippen LogP contribution in [0.5, 0.6) is 0 Å². The minimum atomic E-state index is 0.